The van der Waals surface area contributed by atoms with E-state index >= 15 is 0 Å². The van der Waals surface area contributed by atoms with Crippen LogP contribution in [0.5, 0.6) is 0 Å². The Morgan fingerprint density at radius 2 is 1.66 bits per heavy atom. The zero-order chi connectivity index (χ0) is 29.2. The number of aliphatic carboxylic acids is 1. The van der Waals surface area contributed by atoms with E-state index in [1.807, 2.05) is 30.3 Å². The summed E-state index contributed by atoms with van der Waals surface area (Å²) in [5.41, 5.74) is 3.70. The third-order valence-electron chi connectivity index (χ3n) is 6.36. The summed E-state index contributed by atoms with van der Waals surface area (Å²) in [5.74, 6) is -1.11. The highest BCUT2D eigenvalue weighted by atomic mass is 16.5. The van der Waals surface area contributed by atoms with Crippen LogP contribution in [0.4, 0.5) is 4.79 Å². The molecule has 0 fully saturated rings. The van der Waals surface area contributed by atoms with Crippen molar-refractivity contribution in [1.82, 2.24) is 25.5 Å². The summed E-state index contributed by atoms with van der Waals surface area (Å²) in [4.78, 5) is 58.0. The zero-order valence-corrected chi connectivity index (χ0v) is 22.5. The molecule has 0 aliphatic heterocycles. The molecule has 1 unspecified atom stereocenters. The molecule has 1 atom stereocenters. The molecule has 0 aliphatic carbocycles. The van der Waals surface area contributed by atoms with Crippen LogP contribution in [-0.4, -0.2) is 63.0 Å². The number of amides is 3. The Labute approximate surface area is 236 Å². The largest absolute Gasteiger partial charge is 0.480 e. The lowest BCUT2D eigenvalue weighted by Crippen LogP contribution is -2.48. The number of H-pyrrole nitrogens is 1. The predicted molar refractivity (Wildman–Crippen MR) is 151 cm³/mol. The van der Waals surface area contributed by atoms with Crippen LogP contribution in [0, 0.1) is 0 Å². The Morgan fingerprint density at radius 1 is 0.951 bits per heavy atom. The summed E-state index contributed by atoms with van der Waals surface area (Å²) in [5, 5.41) is 14.2. The van der Waals surface area contributed by atoms with Crippen LogP contribution in [0.3, 0.4) is 0 Å². The van der Waals surface area contributed by atoms with E-state index in [4.69, 9.17) is 4.74 Å². The number of benzene rings is 3. The maximum Gasteiger partial charge on any atom is 0.408 e. The van der Waals surface area contributed by atoms with Gasteiger partial charge in [-0.3, -0.25) is 9.59 Å². The minimum atomic E-state index is -1.38. The quantitative estimate of drug-likeness (QED) is 0.208. The van der Waals surface area contributed by atoms with Crippen molar-refractivity contribution in [2.24, 2.45) is 0 Å². The van der Waals surface area contributed by atoms with Crippen LogP contribution in [0.25, 0.3) is 11.0 Å². The molecule has 0 aliphatic rings. The summed E-state index contributed by atoms with van der Waals surface area (Å²) in [7, 11) is 0. The van der Waals surface area contributed by atoms with Gasteiger partial charge in [0.1, 0.15) is 18.5 Å². The Morgan fingerprint density at radius 3 is 2.34 bits per heavy atom. The van der Waals surface area contributed by atoms with Gasteiger partial charge >= 0.3 is 12.1 Å². The normalized spacial score (nSPS) is 11.4. The predicted octanol–water partition coefficient (Wildman–Crippen LogP) is 3.26. The molecule has 41 heavy (non-hydrogen) atoms. The van der Waals surface area contributed by atoms with E-state index < -0.39 is 24.0 Å². The molecule has 11 nitrogen and oxygen atoms in total. The maximum absolute atomic E-state index is 12.6. The molecule has 3 amide bonds. The lowest BCUT2D eigenvalue weighted by Gasteiger charge is -2.21. The van der Waals surface area contributed by atoms with Gasteiger partial charge in [0.25, 0.3) is 5.91 Å². The summed E-state index contributed by atoms with van der Waals surface area (Å²) >= 11 is 0. The van der Waals surface area contributed by atoms with Crippen molar-refractivity contribution in [3.63, 3.8) is 0 Å². The number of para-hydroxylation sites is 2. The SMILES string of the molecule is CC(=O)N(CCc1nc2ccccc2[nH]1)Cc1ccc(C(=O)NCC(NC(=O)OCc2ccccc2)C(=O)O)cc1. The number of hydrogen-bond acceptors (Lipinski definition) is 6. The fraction of sp³-hybridized carbons (Fsp3) is 0.233. The number of nitrogens with zero attached hydrogens (tertiary/aromatic N) is 2. The molecular weight excluding hydrogens is 526 g/mol. The number of carbonyl (C=O) groups is 4. The second kappa shape index (κ2) is 13.7. The number of hydrogen-bond donors (Lipinski definition) is 4. The Bertz CT molecular complexity index is 1470. The van der Waals surface area contributed by atoms with Gasteiger partial charge in [0.05, 0.1) is 11.0 Å². The van der Waals surface area contributed by atoms with Crippen molar-refractivity contribution in [1.29, 1.82) is 0 Å². The number of carboxylic acid groups (broad SMARTS) is 1. The van der Waals surface area contributed by atoms with Gasteiger partial charge in [0, 0.05) is 38.5 Å². The number of carboxylic acids is 1. The Kier molecular flexibility index (Phi) is 9.66. The van der Waals surface area contributed by atoms with E-state index in [2.05, 4.69) is 20.6 Å². The number of rotatable bonds is 12. The van der Waals surface area contributed by atoms with Crippen molar-refractivity contribution >= 4 is 34.9 Å². The molecule has 0 saturated heterocycles. The molecule has 0 saturated carbocycles. The van der Waals surface area contributed by atoms with Crippen molar-refractivity contribution < 1.29 is 29.0 Å². The third-order valence-corrected chi connectivity index (χ3v) is 6.36. The minimum absolute atomic E-state index is 0.0152. The topological polar surface area (TPSA) is 154 Å². The standard InChI is InChI=1S/C30H31N5O6/c1-20(36)35(16-15-27-32-24-9-5-6-10-25(24)33-27)18-21-11-13-23(14-12-21)28(37)31-17-26(29(38)39)34-30(40)41-19-22-7-3-2-4-8-22/h2-14,26H,15-19H2,1H3,(H,31,37)(H,32,33)(H,34,40)(H,38,39). The van der Waals surface area contributed by atoms with Crippen LogP contribution in [0.15, 0.2) is 78.9 Å². The monoisotopic (exact) mass is 557 g/mol. The molecule has 4 aromatic rings. The summed E-state index contributed by atoms with van der Waals surface area (Å²) < 4.78 is 5.06. The van der Waals surface area contributed by atoms with Gasteiger partial charge in [-0.2, -0.15) is 0 Å². The van der Waals surface area contributed by atoms with E-state index in [0.717, 1.165) is 28.0 Å². The van der Waals surface area contributed by atoms with Crippen LogP contribution in [0.2, 0.25) is 0 Å². The van der Waals surface area contributed by atoms with Crippen LogP contribution in [-0.2, 0) is 33.9 Å². The van der Waals surface area contributed by atoms with Gasteiger partial charge in [0.2, 0.25) is 5.91 Å². The molecular formula is C30H31N5O6. The van der Waals surface area contributed by atoms with Gasteiger partial charge in [-0.05, 0) is 35.4 Å². The van der Waals surface area contributed by atoms with Crippen molar-refractivity contribution in [2.75, 3.05) is 13.1 Å². The van der Waals surface area contributed by atoms with E-state index in [-0.39, 0.29) is 19.1 Å². The van der Waals surface area contributed by atoms with E-state index in [1.165, 1.54) is 6.92 Å². The second-order valence-corrected chi connectivity index (χ2v) is 9.40. The molecule has 4 N–H and O–H groups in total. The number of nitrogens with one attached hydrogen (secondary N) is 3. The smallest absolute Gasteiger partial charge is 0.408 e. The zero-order valence-electron chi connectivity index (χ0n) is 22.5. The minimum Gasteiger partial charge on any atom is -0.480 e. The third kappa shape index (κ3) is 8.40. The van der Waals surface area contributed by atoms with E-state index in [9.17, 15) is 24.3 Å². The number of imidazole rings is 1. The average Bonchev–Trinajstić information content (AvgIpc) is 3.40. The fourth-order valence-electron chi connectivity index (χ4n) is 4.10. The highest BCUT2D eigenvalue weighted by Gasteiger charge is 2.22. The second-order valence-electron chi connectivity index (χ2n) is 9.40. The number of aromatic nitrogens is 2. The number of aromatic amines is 1. The summed E-state index contributed by atoms with van der Waals surface area (Å²) in [6.45, 7) is 1.97. The molecule has 3 aromatic carbocycles. The number of carbonyl (C=O) groups excluding carboxylic acids is 3. The first-order chi connectivity index (χ1) is 19.8. The number of ether oxygens (including phenoxy) is 1. The van der Waals surface area contributed by atoms with Gasteiger partial charge < -0.3 is 30.4 Å². The van der Waals surface area contributed by atoms with E-state index in [1.54, 1.807) is 53.4 Å². The fourth-order valence-corrected chi connectivity index (χ4v) is 4.10. The van der Waals surface area contributed by atoms with Gasteiger partial charge in [0.15, 0.2) is 0 Å². The highest BCUT2D eigenvalue weighted by Crippen LogP contribution is 2.13. The van der Waals surface area contributed by atoms with Crippen molar-refractivity contribution in [2.45, 2.75) is 32.5 Å². The van der Waals surface area contributed by atoms with Crippen molar-refractivity contribution in [3.8, 4) is 0 Å². The van der Waals surface area contributed by atoms with Gasteiger partial charge in [-0.1, -0.05) is 54.6 Å². The first-order valence-corrected chi connectivity index (χ1v) is 13.0. The molecule has 212 valence electrons. The molecule has 0 bridgehead atoms. The molecule has 0 radical (unpaired) electrons. The van der Waals surface area contributed by atoms with Crippen LogP contribution >= 0.6 is 0 Å². The lowest BCUT2D eigenvalue weighted by molar-refractivity contribution is -0.139. The summed E-state index contributed by atoms with van der Waals surface area (Å²) in [6, 6.07) is 22.0. The lowest BCUT2D eigenvalue weighted by atomic mass is 10.1. The first kappa shape index (κ1) is 28.8. The molecule has 4 rings (SSSR count). The Balaban J connectivity index is 1.26. The highest BCUT2D eigenvalue weighted by molar-refractivity contribution is 5.94. The maximum atomic E-state index is 12.6. The van der Waals surface area contributed by atoms with E-state index in [0.29, 0.717) is 25.1 Å². The average molecular weight is 558 g/mol. The van der Waals surface area contributed by atoms with Crippen molar-refractivity contribution in [3.05, 3.63) is 101 Å². The molecule has 1 heterocycles. The molecule has 0 spiro atoms. The first-order valence-electron chi connectivity index (χ1n) is 13.0. The van der Waals surface area contributed by atoms with Gasteiger partial charge in [-0.25, -0.2) is 14.6 Å². The summed E-state index contributed by atoms with van der Waals surface area (Å²) in [6.07, 6.45) is -0.344. The molecule has 11 heteroatoms. The number of alkyl carbamates (subject to hydrolysis) is 1. The number of fused-ring (bicyclic) bond motifs is 1. The molecule has 1 aromatic heterocycles. The van der Waals surface area contributed by atoms with Crippen LogP contribution < -0.4 is 10.6 Å². The van der Waals surface area contributed by atoms with Gasteiger partial charge in [-0.15, -0.1) is 0 Å². The van der Waals surface area contributed by atoms with Crippen LogP contribution in [0.1, 0.15) is 34.2 Å². The Hall–Kier alpha value is -5.19.